The van der Waals surface area contributed by atoms with Crippen LogP contribution in [0.25, 0.3) is 0 Å². The van der Waals surface area contributed by atoms with Gasteiger partial charge < -0.3 is 5.11 Å². The molecule has 1 atom stereocenters. The lowest BCUT2D eigenvalue weighted by atomic mass is 10.2. The fourth-order valence-electron chi connectivity index (χ4n) is 0.410. The summed E-state index contributed by atoms with van der Waals surface area (Å²) < 4.78 is -1.61. The monoisotopic (exact) mass is 202 g/mol. The minimum absolute atomic E-state index is 0.916. The quantitative estimate of drug-likeness (QED) is 0.513. The van der Waals surface area contributed by atoms with E-state index in [-0.39, 0.29) is 0 Å². The van der Waals surface area contributed by atoms with Gasteiger partial charge in [0.1, 0.15) is 6.10 Å². The average Bonchev–Trinajstić information content (AvgIpc) is 1.60. The first-order chi connectivity index (χ1) is 4.34. The van der Waals surface area contributed by atoms with E-state index in [2.05, 4.69) is 0 Å². The van der Waals surface area contributed by atoms with Crippen LogP contribution in [0.1, 0.15) is 13.8 Å². The fraction of sp³-hybridized carbons (Fsp3) is 0.667. The molecule has 0 rings (SSSR count). The molecule has 0 aromatic rings. The van der Waals surface area contributed by atoms with Crippen LogP contribution >= 0.6 is 34.8 Å². The zero-order valence-corrected chi connectivity index (χ0v) is 8.00. The van der Waals surface area contributed by atoms with Crippen LogP contribution in [0.5, 0.6) is 0 Å². The van der Waals surface area contributed by atoms with Crippen molar-refractivity contribution in [2.75, 3.05) is 0 Å². The summed E-state index contributed by atoms with van der Waals surface area (Å²) in [6.45, 7) is 3.64. The van der Waals surface area contributed by atoms with Crippen molar-refractivity contribution in [3.63, 3.8) is 0 Å². The van der Waals surface area contributed by atoms with E-state index >= 15 is 0 Å². The van der Waals surface area contributed by atoms with E-state index in [0.29, 0.717) is 0 Å². The van der Waals surface area contributed by atoms with Crippen molar-refractivity contribution >= 4 is 34.8 Å². The molecular weight excluding hydrogens is 194 g/mol. The van der Waals surface area contributed by atoms with Crippen LogP contribution in [0.3, 0.4) is 0 Å². The number of halogens is 3. The third kappa shape index (κ3) is 4.40. The summed E-state index contributed by atoms with van der Waals surface area (Å²) in [7, 11) is 0. The van der Waals surface area contributed by atoms with Gasteiger partial charge in [-0.05, 0) is 13.8 Å². The lowest BCUT2D eigenvalue weighted by Gasteiger charge is -2.15. The Morgan fingerprint density at radius 2 is 1.80 bits per heavy atom. The van der Waals surface area contributed by atoms with Crippen LogP contribution in [0.2, 0.25) is 0 Å². The van der Waals surface area contributed by atoms with Gasteiger partial charge in [0, 0.05) is 0 Å². The summed E-state index contributed by atoms with van der Waals surface area (Å²) in [6, 6.07) is 0. The van der Waals surface area contributed by atoms with E-state index in [9.17, 15) is 0 Å². The van der Waals surface area contributed by atoms with Crippen LogP contribution in [-0.2, 0) is 0 Å². The van der Waals surface area contributed by atoms with Crippen molar-refractivity contribution < 1.29 is 5.11 Å². The smallest absolute Gasteiger partial charge is 0.219 e. The molecule has 0 amide bonds. The Labute approximate surface area is 75.6 Å². The van der Waals surface area contributed by atoms with Crippen molar-refractivity contribution in [3.05, 3.63) is 11.6 Å². The number of aliphatic hydroxyl groups is 1. The van der Waals surface area contributed by atoms with Gasteiger partial charge in [0.15, 0.2) is 0 Å². The normalized spacial score (nSPS) is 14.6. The zero-order chi connectivity index (χ0) is 8.36. The van der Waals surface area contributed by atoms with Gasteiger partial charge in [-0.1, -0.05) is 46.5 Å². The van der Waals surface area contributed by atoms with Crippen molar-refractivity contribution in [3.8, 4) is 0 Å². The summed E-state index contributed by atoms with van der Waals surface area (Å²) in [6.07, 6.45) is 0.468. The van der Waals surface area contributed by atoms with Crippen LogP contribution in [-0.4, -0.2) is 15.0 Å². The molecule has 0 spiro atoms. The van der Waals surface area contributed by atoms with E-state index in [0.717, 1.165) is 5.57 Å². The molecule has 60 valence electrons. The highest BCUT2D eigenvalue weighted by atomic mass is 35.6. The van der Waals surface area contributed by atoms with Gasteiger partial charge in [-0.2, -0.15) is 0 Å². The van der Waals surface area contributed by atoms with Crippen LogP contribution in [0.15, 0.2) is 11.6 Å². The van der Waals surface area contributed by atoms with E-state index in [1.807, 2.05) is 13.8 Å². The molecule has 0 aromatic carbocycles. The Bertz CT molecular complexity index is 132. The molecule has 10 heavy (non-hydrogen) atoms. The molecule has 0 radical (unpaired) electrons. The highest BCUT2D eigenvalue weighted by Gasteiger charge is 2.28. The molecule has 1 N–H and O–H groups in total. The lowest BCUT2D eigenvalue weighted by Crippen LogP contribution is -2.22. The number of alkyl halides is 3. The topological polar surface area (TPSA) is 20.2 Å². The highest BCUT2D eigenvalue weighted by Crippen LogP contribution is 2.31. The second-order valence-electron chi connectivity index (χ2n) is 2.23. The molecule has 0 unspecified atom stereocenters. The third-order valence-corrected chi connectivity index (χ3v) is 1.50. The molecule has 0 heterocycles. The maximum atomic E-state index is 9.08. The van der Waals surface area contributed by atoms with Gasteiger partial charge in [0.25, 0.3) is 0 Å². The Balaban J connectivity index is 4.11. The summed E-state index contributed by atoms with van der Waals surface area (Å²) in [5, 5.41) is 9.08. The van der Waals surface area contributed by atoms with E-state index in [1.54, 1.807) is 0 Å². The van der Waals surface area contributed by atoms with Crippen molar-refractivity contribution in [1.29, 1.82) is 0 Å². The molecule has 0 saturated carbocycles. The molecular formula is C6H9Cl3O. The van der Waals surface area contributed by atoms with Crippen LogP contribution in [0.4, 0.5) is 0 Å². The molecule has 0 aliphatic heterocycles. The fourth-order valence-corrected chi connectivity index (χ4v) is 0.599. The van der Waals surface area contributed by atoms with Gasteiger partial charge in [-0.3, -0.25) is 0 Å². The largest absolute Gasteiger partial charge is 0.385 e. The maximum Gasteiger partial charge on any atom is 0.219 e. The zero-order valence-electron chi connectivity index (χ0n) is 5.74. The Morgan fingerprint density at radius 1 is 1.40 bits per heavy atom. The number of aliphatic hydroxyl groups excluding tert-OH is 1. The molecule has 0 aliphatic rings. The SMILES string of the molecule is CC(C)=C[C@H](O)C(Cl)(Cl)Cl. The third-order valence-electron chi connectivity index (χ3n) is 0.827. The first kappa shape index (κ1) is 10.6. The summed E-state index contributed by atoms with van der Waals surface area (Å²) in [5.74, 6) is 0. The van der Waals surface area contributed by atoms with Gasteiger partial charge in [-0.15, -0.1) is 0 Å². The predicted molar refractivity (Wildman–Crippen MR) is 45.7 cm³/mol. The Morgan fingerprint density at radius 3 is 1.90 bits per heavy atom. The summed E-state index contributed by atoms with van der Waals surface area (Å²) in [4.78, 5) is 0. The van der Waals surface area contributed by atoms with Crippen molar-refractivity contribution in [2.24, 2.45) is 0 Å². The van der Waals surface area contributed by atoms with E-state index < -0.39 is 9.90 Å². The molecule has 0 bridgehead atoms. The minimum Gasteiger partial charge on any atom is -0.385 e. The highest BCUT2D eigenvalue weighted by molar-refractivity contribution is 6.68. The first-order valence-electron chi connectivity index (χ1n) is 2.74. The number of allylic oxidation sites excluding steroid dienone is 1. The Kier molecular flexibility index (Phi) is 4.03. The second-order valence-corrected chi connectivity index (χ2v) is 4.60. The minimum atomic E-state index is -1.61. The van der Waals surface area contributed by atoms with Crippen LogP contribution < -0.4 is 0 Å². The molecule has 0 aliphatic carbocycles. The Hall–Kier alpha value is 0.570. The molecule has 0 aromatic heterocycles. The standard InChI is InChI=1S/C6H9Cl3O/c1-4(2)3-5(10)6(7,8)9/h3,5,10H,1-2H3/t5-/m0/s1. The van der Waals surface area contributed by atoms with E-state index in [1.165, 1.54) is 6.08 Å². The van der Waals surface area contributed by atoms with E-state index in [4.69, 9.17) is 39.9 Å². The molecule has 0 fully saturated rings. The predicted octanol–water partition coefficient (Wildman–Crippen LogP) is 2.68. The maximum absolute atomic E-state index is 9.08. The summed E-state index contributed by atoms with van der Waals surface area (Å²) >= 11 is 16.1. The average molecular weight is 203 g/mol. The van der Waals surface area contributed by atoms with Crippen molar-refractivity contribution in [1.82, 2.24) is 0 Å². The van der Waals surface area contributed by atoms with Crippen LogP contribution in [0, 0.1) is 0 Å². The van der Waals surface area contributed by atoms with Crippen molar-refractivity contribution in [2.45, 2.75) is 23.7 Å². The van der Waals surface area contributed by atoms with Gasteiger partial charge in [-0.25, -0.2) is 0 Å². The molecule has 4 heteroatoms. The first-order valence-corrected chi connectivity index (χ1v) is 3.87. The molecule has 1 nitrogen and oxygen atoms in total. The lowest BCUT2D eigenvalue weighted by molar-refractivity contribution is 0.227. The number of hydrogen-bond donors (Lipinski definition) is 1. The van der Waals surface area contributed by atoms with Gasteiger partial charge >= 0.3 is 0 Å². The summed E-state index contributed by atoms with van der Waals surface area (Å²) in [5.41, 5.74) is 0.916. The number of hydrogen-bond acceptors (Lipinski definition) is 1. The second kappa shape index (κ2) is 3.82. The molecule has 0 saturated heterocycles. The van der Waals surface area contributed by atoms with Gasteiger partial charge in [0.2, 0.25) is 3.79 Å². The number of rotatable bonds is 1. The van der Waals surface area contributed by atoms with Gasteiger partial charge in [0.05, 0.1) is 0 Å².